The van der Waals surface area contributed by atoms with Crippen LogP contribution < -0.4 is 0 Å². The van der Waals surface area contributed by atoms with Gasteiger partial charge >= 0.3 is 54.9 Å². The van der Waals surface area contributed by atoms with Gasteiger partial charge in [-0.25, -0.2) is 9.78 Å². The van der Waals surface area contributed by atoms with Crippen molar-refractivity contribution in [3.8, 4) is 0 Å². The third-order valence-corrected chi connectivity index (χ3v) is 0.782. The molecule has 0 aromatic carbocycles. The molecular weight excluding hydrogens is 257 g/mol. The number of carboxylic acids is 1. The van der Waals surface area contributed by atoms with Crippen LogP contribution in [0, 0.1) is 0 Å². The minimum absolute atomic E-state index is 0. The van der Waals surface area contributed by atoms with Crippen molar-refractivity contribution >= 4 is 54.9 Å². The average Bonchev–Trinajstić information content (AvgIpc) is 1.90. The van der Waals surface area contributed by atoms with Crippen molar-refractivity contribution in [2.75, 3.05) is 0 Å². The van der Waals surface area contributed by atoms with E-state index in [0.29, 0.717) is 0 Å². The molecule has 1 aromatic heterocycles. The van der Waals surface area contributed by atoms with Crippen LogP contribution in [0.5, 0.6) is 0 Å². The first-order valence-electron chi connectivity index (χ1n) is 2.30. The molecule has 5 heteroatoms. The summed E-state index contributed by atoms with van der Waals surface area (Å²) in [5.41, 5.74) is -0.0301. The number of aromatic carboxylic acids is 1. The maximum absolute atomic E-state index is 10.1. The van der Waals surface area contributed by atoms with Gasteiger partial charge < -0.3 is 7.96 Å². The number of nitrogens with zero attached hydrogens (tertiary/aromatic N) is 2. The maximum atomic E-state index is 10.1. The van der Waals surface area contributed by atoms with Crippen molar-refractivity contribution in [3.05, 3.63) is 24.3 Å². The van der Waals surface area contributed by atoms with E-state index >= 15 is 0 Å². The molecular formula is C5H6BaN2O2. The van der Waals surface area contributed by atoms with Crippen LogP contribution in [0.25, 0.3) is 0 Å². The molecule has 0 fully saturated rings. The Morgan fingerprint density at radius 2 is 2.30 bits per heavy atom. The zero-order valence-corrected chi connectivity index (χ0v) is 9.63. The standard InChI is InChI=1S/C5H4N2O2.Ba.2H/c8-5(9)4-3-6-1-2-7-4;;;/h1-3H,(H,8,9);;;/q;+2;2*-1. The van der Waals surface area contributed by atoms with Gasteiger partial charge in [0, 0.05) is 12.4 Å². The van der Waals surface area contributed by atoms with Gasteiger partial charge in [0.1, 0.15) is 0 Å². The molecule has 0 radical (unpaired) electrons. The van der Waals surface area contributed by atoms with Gasteiger partial charge in [-0.1, -0.05) is 0 Å². The summed E-state index contributed by atoms with van der Waals surface area (Å²) in [6.45, 7) is 0. The molecule has 0 saturated carbocycles. The van der Waals surface area contributed by atoms with Crippen LogP contribution >= 0.6 is 0 Å². The third-order valence-electron chi connectivity index (χ3n) is 0.782. The molecule has 10 heavy (non-hydrogen) atoms. The second kappa shape index (κ2) is 4.86. The Kier molecular flexibility index (Phi) is 4.92. The van der Waals surface area contributed by atoms with Gasteiger partial charge in [0.15, 0.2) is 5.69 Å². The summed E-state index contributed by atoms with van der Waals surface area (Å²) >= 11 is 0. The second-order valence-corrected chi connectivity index (χ2v) is 1.40. The average molecular weight is 263 g/mol. The molecule has 0 spiro atoms. The number of rotatable bonds is 1. The molecule has 0 atom stereocenters. The van der Waals surface area contributed by atoms with E-state index in [-0.39, 0.29) is 57.4 Å². The molecule has 0 unspecified atom stereocenters. The van der Waals surface area contributed by atoms with E-state index in [4.69, 9.17) is 5.11 Å². The van der Waals surface area contributed by atoms with Gasteiger partial charge in [0.05, 0.1) is 6.20 Å². The van der Waals surface area contributed by atoms with Gasteiger partial charge in [-0.05, 0) is 0 Å². The van der Waals surface area contributed by atoms with E-state index in [1.165, 1.54) is 18.6 Å². The van der Waals surface area contributed by atoms with Crippen molar-refractivity contribution < 1.29 is 12.8 Å². The molecule has 50 valence electrons. The quantitative estimate of drug-likeness (QED) is 0.726. The summed E-state index contributed by atoms with van der Waals surface area (Å²) in [4.78, 5) is 17.2. The second-order valence-electron chi connectivity index (χ2n) is 1.40. The van der Waals surface area contributed by atoms with Gasteiger partial charge in [0.25, 0.3) is 0 Å². The normalized spacial score (nSPS) is 8.00. The Morgan fingerprint density at radius 3 is 2.60 bits per heavy atom. The fourth-order valence-electron chi connectivity index (χ4n) is 0.410. The molecule has 1 rings (SSSR count). The van der Waals surface area contributed by atoms with Crippen LogP contribution in [-0.4, -0.2) is 69.9 Å². The Morgan fingerprint density at radius 1 is 1.60 bits per heavy atom. The smallest absolute Gasteiger partial charge is 1.00 e. The molecule has 0 amide bonds. The van der Waals surface area contributed by atoms with E-state index < -0.39 is 5.97 Å². The maximum Gasteiger partial charge on any atom is 2.00 e. The Balaban J connectivity index is -0.000000270. The predicted octanol–water partition coefficient (Wildman–Crippen LogP) is 0.0190. The van der Waals surface area contributed by atoms with Crippen molar-refractivity contribution in [2.24, 2.45) is 0 Å². The number of aromatic nitrogens is 2. The van der Waals surface area contributed by atoms with E-state index in [9.17, 15) is 4.79 Å². The van der Waals surface area contributed by atoms with E-state index in [0.717, 1.165) is 0 Å². The predicted molar refractivity (Wildman–Crippen MR) is 37.0 cm³/mol. The fourth-order valence-corrected chi connectivity index (χ4v) is 0.410. The van der Waals surface area contributed by atoms with Crippen molar-refractivity contribution in [3.63, 3.8) is 0 Å². The molecule has 4 nitrogen and oxygen atoms in total. The minimum Gasteiger partial charge on any atom is -1.00 e. The van der Waals surface area contributed by atoms with Crippen LogP contribution in [0.3, 0.4) is 0 Å². The number of hydrogen-bond acceptors (Lipinski definition) is 3. The largest absolute Gasteiger partial charge is 2.00 e. The van der Waals surface area contributed by atoms with Crippen molar-refractivity contribution in [1.29, 1.82) is 0 Å². The van der Waals surface area contributed by atoms with E-state index in [2.05, 4.69) is 9.97 Å². The van der Waals surface area contributed by atoms with E-state index in [1.54, 1.807) is 0 Å². The monoisotopic (exact) mass is 264 g/mol. The van der Waals surface area contributed by atoms with Gasteiger partial charge in [-0.2, -0.15) is 0 Å². The first kappa shape index (κ1) is 10.1. The van der Waals surface area contributed by atoms with Gasteiger partial charge in [-0.3, -0.25) is 4.98 Å². The van der Waals surface area contributed by atoms with E-state index in [1.807, 2.05) is 0 Å². The SMILES string of the molecule is O=C(O)c1cnccn1.[Ba+2].[H-].[H-]. The molecule has 0 aliphatic heterocycles. The van der Waals surface area contributed by atoms with Gasteiger partial charge in [-0.15, -0.1) is 0 Å². The Bertz CT molecular complexity index is 222. The molecule has 1 heterocycles. The van der Waals surface area contributed by atoms with Crippen LogP contribution in [0.15, 0.2) is 18.6 Å². The molecule has 0 bridgehead atoms. The minimum atomic E-state index is -1.05. The molecule has 0 aliphatic carbocycles. The Hall–Kier alpha value is 0.121. The van der Waals surface area contributed by atoms with Crippen LogP contribution in [0.2, 0.25) is 0 Å². The first-order valence-corrected chi connectivity index (χ1v) is 2.30. The molecule has 0 aliphatic rings. The summed E-state index contributed by atoms with van der Waals surface area (Å²) in [7, 11) is 0. The van der Waals surface area contributed by atoms with Crippen molar-refractivity contribution in [1.82, 2.24) is 9.97 Å². The molecule has 1 aromatic rings. The summed E-state index contributed by atoms with van der Waals surface area (Å²) in [6.07, 6.45) is 3.96. The number of carbonyl (C=O) groups is 1. The number of carboxylic acid groups (broad SMARTS) is 1. The zero-order chi connectivity index (χ0) is 6.69. The first-order chi connectivity index (χ1) is 4.30. The van der Waals surface area contributed by atoms with Crippen LogP contribution in [0.4, 0.5) is 0 Å². The van der Waals surface area contributed by atoms with Gasteiger partial charge in [0.2, 0.25) is 0 Å². The zero-order valence-electron chi connectivity index (χ0n) is 7.19. The topological polar surface area (TPSA) is 63.1 Å². The fraction of sp³-hybridized carbons (Fsp3) is 0. The summed E-state index contributed by atoms with van der Waals surface area (Å²) < 4.78 is 0. The molecule has 0 saturated heterocycles. The summed E-state index contributed by atoms with van der Waals surface area (Å²) in [5, 5.41) is 8.28. The summed E-state index contributed by atoms with van der Waals surface area (Å²) in [5.74, 6) is -1.05. The third kappa shape index (κ3) is 2.80. The van der Waals surface area contributed by atoms with Crippen LogP contribution in [0.1, 0.15) is 13.3 Å². The summed E-state index contributed by atoms with van der Waals surface area (Å²) in [6, 6.07) is 0. The van der Waals surface area contributed by atoms with Crippen LogP contribution in [-0.2, 0) is 0 Å². The molecule has 1 N–H and O–H groups in total. The number of hydrogen-bond donors (Lipinski definition) is 1. The van der Waals surface area contributed by atoms with Crippen molar-refractivity contribution in [2.45, 2.75) is 0 Å². The Labute approximate surface area is 101 Å².